The third-order valence-electron chi connectivity index (χ3n) is 1.95. The Labute approximate surface area is 102 Å². The maximum atomic E-state index is 11.1. The molecule has 0 spiro atoms. The highest BCUT2D eigenvalue weighted by molar-refractivity contribution is 5.11. The zero-order valence-corrected chi connectivity index (χ0v) is 10.7. The van der Waals surface area contributed by atoms with Crippen LogP contribution in [0, 0.1) is 14.2 Å². The Bertz CT molecular complexity index is 570. The van der Waals surface area contributed by atoms with E-state index in [-0.39, 0.29) is 5.56 Å². The molecule has 0 radical (unpaired) electrons. The molecule has 2 rings (SSSR count). The first-order valence-corrected chi connectivity index (χ1v) is 6.84. The van der Waals surface area contributed by atoms with E-state index in [1.165, 1.54) is 15.2 Å². The predicted molar refractivity (Wildman–Crippen MR) is 56.3 cm³/mol. The predicted octanol–water partition coefficient (Wildman–Crippen LogP) is -2.50. The van der Waals surface area contributed by atoms with Gasteiger partial charge in [-0.3, -0.25) is 14.8 Å². The van der Waals surface area contributed by atoms with Gasteiger partial charge in [-0.15, -0.1) is 0 Å². The van der Waals surface area contributed by atoms with Gasteiger partial charge in [0.15, 0.2) is 3.57 Å². The van der Waals surface area contributed by atoms with Crippen LogP contribution in [0.3, 0.4) is 0 Å². The second-order valence-electron chi connectivity index (χ2n) is 3.33. The van der Waals surface area contributed by atoms with Crippen molar-refractivity contribution < 1.29 is 21.2 Å². The van der Waals surface area contributed by atoms with Crippen LogP contribution >= 0.6 is 0 Å². The van der Waals surface area contributed by atoms with E-state index in [9.17, 15) is 9.59 Å². The summed E-state index contributed by atoms with van der Waals surface area (Å²) in [6.07, 6.45) is 0. The zero-order valence-electron chi connectivity index (χ0n) is 8.58. The Kier molecular flexibility index (Phi) is 3.23. The maximum Gasteiger partial charge on any atom is 0.378 e. The van der Waals surface area contributed by atoms with Crippen molar-refractivity contribution in [1.29, 1.82) is 0 Å². The summed E-state index contributed by atoms with van der Waals surface area (Å²) in [5.41, 5.74) is 0.423. The second kappa shape index (κ2) is 4.65. The average Bonchev–Trinajstić information content (AvgIpc) is 2.20. The van der Waals surface area contributed by atoms with Crippen LogP contribution in [0.25, 0.3) is 0 Å². The molecule has 0 aliphatic heterocycles. The van der Waals surface area contributed by atoms with Gasteiger partial charge in [0.2, 0.25) is 0 Å². The van der Waals surface area contributed by atoms with Gasteiger partial charge >= 0.3 is 26.9 Å². The van der Waals surface area contributed by atoms with Gasteiger partial charge in [0, 0.05) is 0 Å². The van der Waals surface area contributed by atoms with Crippen LogP contribution in [-0.2, 0) is 0 Å². The molecule has 0 bridgehead atoms. The van der Waals surface area contributed by atoms with Crippen molar-refractivity contribution in [2.24, 2.45) is 0 Å². The van der Waals surface area contributed by atoms with Gasteiger partial charge in [0.25, 0.3) is 9.26 Å². The molecule has 5 heteroatoms. The van der Waals surface area contributed by atoms with Crippen LogP contribution in [0.1, 0.15) is 5.56 Å². The number of rotatable bonds is 2. The van der Waals surface area contributed by atoms with Crippen LogP contribution in [0.5, 0.6) is 0 Å². The molecule has 1 heterocycles. The Morgan fingerprint density at radius 3 is 2.38 bits per heavy atom. The fourth-order valence-electron chi connectivity index (χ4n) is 1.20. The van der Waals surface area contributed by atoms with E-state index in [0.29, 0.717) is 0 Å². The molecule has 16 heavy (non-hydrogen) atoms. The summed E-state index contributed by atoms with van der Waals surface area (Å²) in [5, 5.41) is 0. The lowest BCUT2D eigenvalue weighted by molar-refractivity contribution is -0.603. The third kappa shape index (κ3) is 2.82. The van der Waals surface area contributed by atoms with Gasteiger partial charge < -0.3 is 0 Å². The molecule has 0 aliphatic rings. The summed E-state index contributed by atoms with van der Waals surface area (Å²) in [6, 6.07) is 9.57. The van der Waals surface area contributed by atoms with E-state index in [1.807, 2.05) is 31.2 Å². The Balaban J connectivity index is 2.30. The van der Waals surface area contributed by atoms with Gasteiger partial charge in [-0.25, -0.2) is 4.79 Å². The van der Waals surface area contributed by atoms with E-state index in [2.05, 4.69) is 9.97 Å². The number of nitrogens with one attached hydrogen (secondary N) is 2. The molecule has 0 unspecified atom stereocenters. The van der Waals surface area contributed by atoms with Crippen LogP contribution in [0.2, 0.25) is 0 Å². The summed E-state index contributed by atoms with van der Waals surface area (Å²) < 4.78 is 1.90. The number of hydrogen-bond acceptors (Lipinski definition) is 2. The van der Waals surface area contributed by atoms with Gasteiger partial charge in [0.1, 0.15) is 0 Å². The normalized spacial score (nSPS) is 10.3. The van der Waals surface area contributed by atoms with Crippen LogP contribution in [0.15, 0.2) is 39.9 Å². The maximum absolute atomic E-state index is 11.1. The minimum absolute atomic E-state index is 0.342. The van der Waals surface area contributed by atoms with Gasteiger partial charge in [-0.2, -0.15) is 0 Å². The van der Waals surface area contributed by atoms with Crippen molar-refractivity contribution in [1.82, 2.24) is 9.97 Å². The summed E-state index contributed by atoms with van der Waals surface area (Å²) >= 11 is -0.493. The standard InChI is InChI=1S/C11H9IN2O2/c1-7-2-4-8(5-3-7)12-9-6-10(15)14-11(16)13-9/h2-6H,1H3,(H-,13,14,15,16)/p+1. The Morgan fingerprint density at radius 1 is 1.06 bits per heavy atom. The van der Waals surface area contributed by atoms with Gasteiger partial charge in [-0.1, -0.05) is 17.7 Å². The molecule has 0 fully saturated rings. The van der Waals surface area contributed by atoms with Crippen LogP contribution < -0.4 is 32.5 Å². The van der Waals surface area contributed by atoms with Crippen molar-refractivity contribution in [2.75, 3.05) is 0 Å². The Morgan fingerprint density at radius 2 is 1.75 bits per heavy atom. The van der Waals surface area contributed by atoms with Crippen LogP contribution in [-0.4, -0.2) is 9.97 Å². The molecular weight excluding hydrogens is 319 g/mol. The number of hydrogen-bond donors (Lipinski definition) is 2. The first-order valence-electron chi connectivity index (χ1n) is 4.68. The number of aromatic amines is 2. The van der Waals surface area contributed by atoms with Crippen molar-refractivity contribution in [3.63, 3.8) is 0 Å². The van der Waals surface area contributed by atoms with Crippen molar-refractivity contribution in [3.8, 4) is 0 Å². The highest BCUT2D eigenvalue weighted by atomic mass is 127. The summed E-state index contributed by atoms with van der Waals surface area (Å²) in [4.78, 5) is 27.0. The fraction of sp³-hybridized carbons (Fsp3) is 0.0909. The first kappa shape index (κ1) is 11.1. The van der Waals surface area contributed by atoms with Crippen LogP contribution in [0.4, 0.5) is 0 Å². The van der Waals surface area contributed by atoms with Crippen molar-refractivity contribution in [3.05, 3.63) is 64.0 Å². The summed E-state index contributed by atoms with van der Waals surface area (Å²) in [7, 11) is 0. The summed E-state index contributed by atoms with van der Waals surface area (Å²) in [6.45, 7) is 2.02. The smallest absolute Gasteiger partial charge is 0.274 e. The second-order valence-corrected chi connectivity index (χ2v) is 6.27. The molecule has 0 aliphatic carbocycles. The number of H-pyrrole nitrogens is 2. The Hall–Kier alpha value is -1.37. The van der Waals surface area contributed by atoms with Crippen molar-refractivity contribution >= 4 is 0 Å². The lowest BCUT2D eigenvalue weighted by Crippen LogP contribution is -3.62. The van der Waals surface area contributed by atoms with E-state index in [4.69, 9.17) is 0 Å². The highest BCUT2D eigenvalue weighted by Gasteiger charge is 2.17. The number of halogens is 1. The quantitative estimate of drug-likeness (QED) is 0.473. The van der Waals surface area contributed by atoms with Gasteiger partial charge in [0.05, 0.1) is 6.07 Å². The number of benzene rings is 1. The molecule has 0 saturated heterocycles. The molecular formula is C11H10IN2O2+. The molecule has 1 aromatic heterocycles. The highest BCUT2D eigenvalue weighted by Crippen LogP contribution is 1.93. The molecule has 0 amide bonds. The molecule has 1 aromatic carbocycles. The van der Waals surface area contributed by atoms with Crippen molar-refractivity contribution in [2.45, 2.75) is 6.92 Å². The molecule has 0 saturated carbocycles. The largest absolute Gasteiger partial charge is 0.378 e. The molecule has 0 atom stereocenters. The number of aryl methyl sites for hydroxylation is 1. The van der Waals surface area contributed by atoms with E-state index >= 15 is 0 Å². The average molecular weight is 329 g/mol. The first-order chi connectivity index (χ1) is 7.63. The molecule has 2 N–H and O–H groups in total. The monoisotopic (exact) mass is 329 g/mol. The van der Waals surface area contributed by atoms with E-state index < -0.39 is 26.9 Å². The minimum atomic E-state index is -0.493. The van der Waals surface area contributed by atoms with E-state index in [1.54, 1.807) is 0 Å². The van der Waals surface area contributed by atoms with E-state index in [0.717, 1.165) is 3.70 Å². The molecule has 2 aromatic rings. The summed E-state index contributed by atoms with van der Waals surface area (Å²) in [5.74, 6) is 0. The molecule has 4 nitrogen and oxygen atoms in total. The number of aromatic nitrogens is 2. The van der Waals surface area contributed by atoms with Gasteiger partial charge in [-0.05, 0) is 19.1 Å². The minimum Gasteiger partial charge on any atom is -0.274 e. The molecule has 82 valence electrons. The lowest BCUT2D eigenvalue weighted by atomic mass is 10.2. The zero-order chi connectivity index (χ0) is 11.5. The fourth-order valence-corrected chi connectivity index (χ4v) is 3.41. The SMILES string of the molecule is Cc1ccc([I+]c2cc(=O)[nH]c(=O)[nH]2)cc1. The lowest BCUT2D eigenvalue weighted by Gasteiger charge is -1.88. The topological polar surface area (TPSA) is 65.7 Å². The third-order valence-corrected chi connectivity index (χ3v) is 4.45.